The minimum Gasteiger partial charge on any atom is -0.490 e. The molecule has 0 aliphatic heterocycles. The zero-order valence-electron chi connectivity index (χ0n) is 15.6. The van der Waals surface area contributed by atoms with Crippen LogP contribution >= 0.6 is 0 Å². The van der Waals surface area contributed by atoms with Crippen LogP contribution < -0.4 is 10.1 Å². The van der Waals surface area contributed by atoms with Gasteiger partial charge in [-0.3, -0.25) is 4.79 Å². The molecule has 0 saturated heterocycles. The van der Waals surface area contributed by atoms with Gasteiger partial charge < -0.3 is 15.0 Å². The van der Waals surface area contributed by atoms with Crippen molar-refractivity contribution in [2.45, 2.75) is 27.7 Å². The number of carbonyl (C=O) groups excluding carboxylic acids is 1. The Hall–Kier alpha value is -2.33. The first kappa shape index (κ1) is 19.0. The number of carbonyl (C=O) groups is 1. The van der Waals surface area contributed by atoms with Crippen molar-refractivity contribution in [2.24, 2.45) is 0 Å². The van der Waals surface area contributed by atoms with Crippen LogP contribution in [0.2, 0.25) is 0 Å². The SMILES string of the molecule is CCN(CC)CCOc1ccccc1NC(=O)c1ccc(C)cc1C. The van der Waals surface area contributed by atoms with Crippen molar-refractivity contribution in [1.29, 1.82) is 0 Å². The number of aryl methyl sites for hydroxylation is 2. The fourth-order valence-electron chi connectivity index (χ4n) is 2.78. The molecule has 0 aromatic heterocycles. The Kier molecular flexibility index (Phi) is 7.02. The van der Waals surface area contributed by atoms with Gasteiger partial charge in [0.1, 0.15) is 12.4 Å². The fraction of sp³-hybridized carbons (Fsp3) is 0.381. The van der Waals surface area contributed by atoms with Crippen LogP contribution in [0.5, 0.6) is 5.75 Å². The van der Waals surface area contributed by atoms with Crippen LogP contribution in [0.15, 0.2) is 42.5 Å². The summed E-state index contributed by atoms with van der Waals surface area (Å²) in [7, 11) is 0. The van der Waals surface area contributed by atoms with E-state index in [9.17, 15) is 4.79 Å². The zero-order valence-corrected chi connectivity index (χ0v) is 15.6. The molecular formula is C21H28N2O2. The van der Waals surface area contributed by atoms with Gasteiger partial charge in [-0.1, -0.05) is 43.7 Å². The lowest BCUT2D eigenvalue weighted by Crippen LogP contribution is -2.28. The van der Waals surface area contributed by atoms with Crippen molar-refractivity contribution < 1.29 is 9.53 Å². The third kappa shape index (κ3) is 5.33. The van der Waals surface area contributed by atoms with Crippen LogP contribution in [0.4, 0.5) is 5.69 Å². The lowest BCUT2D eigenvalue weighted by molar-refractivity contribution is 0.102. The highest BCUT2D eigenvalue weighted by molar-refractivity contribution is 6.06. The van der Waals surface area contributed by atoms with Gasteiger partial charge in [0.25, 0.3) is 5.91 Å². The van der Waals surface area contributed by atoms with Crippen LogP contribution in [-0.4, -0.2) is 37.0 Å². The molecule has 4 nitrogen and oxygen atoms in total. The highest BCUT2D eigenvalue weighted by Gasteiger charge is 2.12. The predicted octanol–water partition coefficient (Wildman–Crippen LogP) is 4.28. The second kappa shape index (κ2) is 9.23. The molecule has 0 atom stereocenters. The molecule has 4 heteroatoms. The van der Waals surface area contributed by atoms with E-state index in [4.69, 9.17) is 4.74 Å². The molecule has 25 heavy (non-hydrogen) atoms. The molecule has 0 radical (unpaired) electrons. The maximum absolute atomic E-state index is 12.6. The number of likely N-dealkylation sites (N-methyl/N-ethyl adjacent to an activating group) is 1. The Morgan fingerprint density at radius 3 is 2.48 bits per heavy atom. The maximum atomic E-state index is 12.6. The summed E-state index contributed by atoms with van der Waals surface area (Å²) in [5.74, 6) is 0.588. The number of ether oxygens (including phenoxy) is 1. The summed E-state index contributed by atoms with van der Waals surface area (Å²) >= 11 is 0. The summed E-state index contributed by atoms with van der Waals surface area (Å²) in [5, 5.41) is 2.98. The van der Waals surface area contributed by atoms with Crippen molar-refractivity contribution in [2.75, 3.05) is 31.6 Å². The van der Waals surface area contributed by atoms with Crippen LogP contribution in [0.1, 0.15) is 35.3 Å². The van der Waals surface area contributed by atoms with E-state index in [0.717, 1.165) is 30.8 Å². The largest absolute Gasteiger partial charge is 0.490 e. The lowest BCUT2D eigenvalue weighted by Gasteiger charge is -2.19. The summed E-state index contributed by atoms with van der Waals surface area (Å²) in [5.41, 5.74) is 3.50. The molecule has 0 bridgehead atoms. The van der Waals surface area contributed by atoms with Gasteiger partial charge >= 0.3 is 0 Å². The van der Waals surface area contributed by atoms with Crippen LogP contribution in [0.25, 0.3) is 0 Å². The summed E-state index contributed by atoms with van der Waals surface area (Å²) in [6.45, 7) is 11.7. The number of hydrogen-bond acceptors (Lipinski definition) is 3. The summed E-state index contributed by atoms with van der Waals surface area (Å²) in [4.78, 5) is 14.9. The first-order chi connectivity index (χ1) is 12.0. The van der Waals surface area contributed by atoms with Crippen molar-refractivity contribution in [1.82, 2.24) is 4.90 Å². The van der Waals surface area contributed by atoms with Gasteiger partial charge in [-0.25, -0.2) is 0 Å². The topological polar surface area (TPSA) is 41.6 Å². The van der Waals surface area contributed by atoms with Crippen molar-refractivity contribution in [3.8, 4) is 5.75 Å². The molecule has 0 fully saturated rings. The van der Waals surface area contributed by atoms with E-state index in [0.29, 0.717) is 23.6 Å². The van der Waals surface area contributed by atoms with Gasteiger partial charge in [0, 0.05) is 12.1 Å². The highest BCUT2D eigenvalue weighted by Crippen LogP contribution is 2.25. The number of amides is 1. The zero-order chi connectivity index (χ0) is 18.2. The van der Waals surface area contributed by atoms with Gasteiger partial charge in [0.15, 0.2) is 0 Å². The molecule has 0 heterocycles. The number of nitrogens with zero attached hydrogens (tertiary/aromatic N) is 1. The van der Waals surface area contributed by atoms with E-state index >= 15 is 0 Å². The standard InChI is InChI=1S/C21H28N2O2/c1-5-23(6-2)13-14-25-20-10-8-7-9-19(20)22-21(24)18-12-11-16(3)15-17(18)4/h7-12,15H,5-6,13-14H2,1-4H3,(H,22,24). The molecule has 2 aromatic rings. The average Bonchev–Trinajstić information content (AvgIpc) is 2.60. The molecule has 2 rings (SSSR count). The normalized spacial score (nSPS) is 10.8. The minimum atomic E-state index is -0.114. The Labute approximate surface area is 150 Å². The third-order valence-electron chi connectivity index (χ3n) is 4.32. The quantitative estimate of drug-likeness (QED) is 0.780. The third-order valence-corrected chi connectivity index (χ3v) is 4.32. The first-order valence-electron chi connectivity index (χ1n) is 8.88. The fourth-order valence-corrected chi connectivity index (χ4v) is 2.78. The van der Waals surface area contributed by atoms with Gasteiger partial charge in [0.2, 0.25) is 0 Å². The predicted molar refractivity (Wildman–Crippen MR) is 104 cm³/mol. The monoisotopic (exact) mass is 340 g/mol. The highest BCUT2D eigenvalue weighted by atomic mass is 16.5. The molecule has 0 spiro atoms. The van der Waals surface area contributed by atoms with Crippen molar-refractivity contribution in [3.05, 3.63) is 59.2 Å². The van der Waals surface area contributed by atoms with E-state index in [2.05, 4.69) is 24.1 Å². The first-order valence-corrected chi connectivity index (χ1v) is 8.88. The number of hydrogen-bond donors (Lipinski definition) is 1. The second-order valence-electron chi connectivity index (χ2n) is 6.14. The summed E-state index contributed by atoms with van der Waals surface area (Å²) < 4.78 is 5.90. The Balaban J connectivity index is 2.05. The number of rotatable bonds is 8. The maximum Gasteiger partial charge on any atom is 0.256 e. The Morgan fingerprint density at radius 1 is 1.08 bits per heavy atom. The molecule has 1 N–H and O–H groups in total. The van der Waals surface area contributed by atoms with Crippen molar-refractivity contribution in [3.63, 3.8) is 0 Å². The number of nitrogens with one attached hydrogen (secondary N) is 1. The second-order valence-corrected chi connectivity index (χ2v) is 6.14. The molecule has 1 amide bonds. The smallest absolute Gasteiger partial charge is 0.256 e. The molecule has 2 aromatic carbocycles. The van der Waals surface area contributed by atoms with E-state index in [1.807, 2.05) is 56.3 Å². The Morgan fingerprint density at radius 2 is 1.80 bits per heavy atom. The van der Waals surface area contributed by atoms with E-state index < -0.39 is 0 Å². The van der Waals surface area contributed by atoms with Gasteiger partial charge in [-0.05, 0) is 50.7 Å². The van der Waals surface area contributed by atoms with E-state index in [-0.39, 0.29) is 5.91 Å². The number of anilines is 1. The molecular weight excluding hydrogens is 312 g/mol. The van der Waals surface area contributed by atoms with Crippen LogP contribution in [0, 0.1) is 13.8 Å². The van der Waals surface area contributed by atoms with Gasteiger partial charge in [-0.2, -0.15) is 0 Å². The van der Waals surface area contributed by atoms with Gasteiger partial charge in [0.05, 0.1) is 5.69 Å². The van der Waals surface area contributed by atoms with Crippen molar-refractivity contribution >= 4 is 11.6 Å². The summed E-state index contributed by atoms with van der Waals surface area (Å²) in [6, 6.07) is 13.4. The van der Waals surface area contributed by atoms with E-state index in [1.54, 1.807) is 0 Å². The van der Waals surface area contributed by atoms with E-state index in [1.165, 1.54) is 0 Å². The molecule has 134 valence electrons. The molecule has 0 aliphatic carbocycles. The van der Waals surface area contributed by atoms with Crippen LogP contribution in [0.3, 0.4) is 0 Å². The molecule has 0 unspecified atom stereocenters. The summed E-state index contributed by atoms with van der Waals surface area (Å²) in [6.07, 6.45) is 0. The number of para-hydroxylation sites is 2. The minimum absolute atomic E-state index is 0.114. The van der Waals surface area contributed by atoms with Crippen LogP contribution in [-0.2, 0) is 0 Å². The van der Waals surface area contributed by atoms with Gasteiger partial charge in [-0.15, -0.1) is 0 Å². The lowest BCUT2D eigenvalue weighted by atomic mass is 10.1. The Bertz CT molecular complexity index is 709. The molecule has 0 aliphatic rings. The molecule has 0 saturated carbocycles. The number of benzene rings is 2. The average molecular weight is 340 g/mol.